The van der Waals surface area contributed by atoms with Gasteiger partial charge in [0.1, 0.15) is 0 Å². The number of halogens is 3. The summed E-state index contributed by atoms with van der Waals surface area (Å²) in [5.41, 5.74) is 0. The molecule has 5 heteroatoms. The van der Waals surface area contributed by atoms with Crippen molar-refractivity contribution in [1.29, 1.82) is 0 Å². The van der Waals surface area contributed by atoms with Crippen LogP contribution in [0, 0.1) is 15.2 Å². The molecule has 58 valence electrons. The molecule has 0 amide bonds. The van der Waals surface area contributed by atoms with Gasteiger partial charge in [0.15, 0.2) is 0 Å². The molecule has 0 unspecified atom stereocenters. The van der Waals surface area contributed by atoms with Crippen molar-refractivity contribution in [1.82, 2.24) is 0 Å². The zero-order valence-corrected chi connectivity index (χ0v) is 9.18. The molecule has 0 radical (unpaired) electrons. The van der Waals surface area contributed by atoms with E-state index in [-0.39, 0.29) is 4.35 Å². The Hall–Kier alpha value is 0.168. The second kappa shape index (κ2) is 3.72. The molecule has 0 aliphatic carbocycles. The minimum atomic E-state index is -1.41. The molecular weight excluding hydrogens is 328 g/mol. The van der Waals surface area contributed by atoms with Crippen molar-refractivity contribution in [3.05, 3.63) is 27.3 Å². The predicted octanol–water partition coefficient (Wildman–Crippen LogP) is 1.24. The summed E-state index contributed by atoms with van der Waals surface area (Å²) in [7, 11) is 0. The van der Waals surface area contributed by atoms with Gasteiger partial charge in [-0.25, -0.2) is 0 Å². The van der Waals surface area contributed by atoms with Crippen LogP contribution in [0.25, 0.3) is 0 Å². The van der Waals surface area contributed by atoms with Crippen LogP contribution in [-0.4, -0.2) is 15.7 Å². The van der Waals surface area contributed by atoms with E-state index in [4.69, 9.17) is 0 Å². The summed E-state index contributed by atoms with van der Waals surface area (Å²) in [6.07, 6.45) is 0. The Morgan fingerprint density at radius 2 is 2.00 bits per heavy atom. The summed E-state index contributed by atoms with van der Waals surface area (Å²) in [6, 6.07) is 1.90. The normalized spacial score (nSPS) is 10.5. The van der Waals surface area contributed by atoms with Gasteiger partial charge >= 0.3 is 82.5 Å². The molecule has 0 saturated heterocycles. The Kier molecular flexibility index (Phi) is 3.13. The van der Waals surface area contributed by atoms with Gasteiger partial charge in [-0.1, -0.05) is 0 Å². The zero-order chi connectivity index (χ0) is 8.43. The second-order valence-corrected chi connectivity index (χ2v) is 4.29. The molecule has 0 fully saturated rings. The van der Waals surface area contributed by atoms with Gasteiger partial charge in [-0.3, -0.25) is 0 Å². The van der Waals surface area contributed by atoms with Crippen LogP contribution in [0.4, 0.5) is 8.78 Å². The van der Waals surface area contributed by atoms with Crippen molar-refractivity contribution in [2.45, 2.75) is 0 Å². The Morgan fingerprint density at radius 3 is 2.45 bits per heavy atom. The van der Waals surface area contributed by atoms with Gasteiger partial charge in [0.2, 0.25) is 0 Å². The number of benzene rings is 1. The molecule has 1 nitrogen and oxygen atoms in total. The molecule has 11 heavy (non-hydrogen) atoms. The molecule has 1 aromatic rings. The third-order valence-electron chi connectivity index (χ3n) is 1.07. The van der Waals surface area contributed by atoms with Crippen molar-refractivity contribution in [3.63, 3.8) is 0 Å². The Bertz CT molecular complexity index is 280. The molecule has 0 aliphatic heterocycles. The Balaban J connectivity index is 3.36. The van der Waals surface area contributed by atoms with Gasteiger partial charge in [0, 0.05) is 0 Å². The molecule has 0 heterocycles. The average molecular weight is 330 g/mol. The minimum absolute atomic E-state index is 0.128. The van der Waals surface area contributed by atoms with E-state index in [9.17, 15) is 12.5 Å². The summed E-state index contributed by atoms with van der Waals surface area (Å²) in [6.45, 7) is 0. The standard InChI is InChI=1S/C6H2AsF2IO/c8-3-1-4(9)6(7-11)5(10)2-3/h1-2H. The van der Waals surface area contributed by atoms with E-state index in [1.807, 2.05) is 0 Å². The van der Waals surface area contributed by atoms with E-state index < -0.39 is 27.3 Å². The van der Waals surface area contributed by atoms with E-state index in [0.717, 1.165) is 12.1 Å². The first kappa shape index (κ1) is 9.26. The van der Waals surface area contributed by atoms with Crippen molar-refractivity contribution in [2.75, 3.05) is 0 Å². The first-order chi connectivity index (χ1) is 5.15. The van der Waals surface area contributed by atoms with Gasteiger partial charge in [0.05, 0.1) is 0 Å². The molecule has 0 aromatic heterocycles. The van der Waals surface area contributed by atoms with Crippen molar-refractivity contribution in [2.24, 2.45) is 0 Å². The van der Waals surface area contributed by atoms with E-state index in [1.165, 1.54) is 0 Å². The third-order valence-corrected chi connectivity index (χ3v) is 4.19. The van der Waals surface area contributed by atoms with Crippen LogP contribution in [0.3, 0.4) is 0 Å². The van der Waals surface area contributed by atoms with Gasteiger partial charge in [-0.05, 0) is 0 Å². The van der Waals surface area contributed by atoms with E-state index in [1.54, 1.807) is 22.6 Å². The summed E-state index contributed by atoms with van der Waals surface area (Å²) < 4.78 is 36.0. The van der Waals surface area contributed by atoms with Gasteiger partial charge in [-0.2, -0.15) is 0 Å². The fraction of sp³-hybridized carbons (Fsp3) is 0. The maximum absolute atomic E-state index is 12.7. The monoisotopic (exact) mass is 330 g/mol. The zero-order valence-electron chi connectivity index (χ0n) is 5.14. The summed E-state index contributed by atoms with van der Waals surface area (Å²) in [5.74, 6) is -1.35. The van der Waals surface area contributed by atoms with Crippen molar-refractivity contribution < 1.29 is 12.5 Å². The van der Waals surface area contributed by atoms with Crippen LogP contribution in [0.5, 0.6) is 0 Å². The summed E-state index contributed by atoms with van der Waals surface area (Å²) >= 11 is 0.342. The van der Waals surface area contributed by atoms with Gasteiger partial charge < -0.3 is 0 Å². The first-order valence-corrected chi connectivity index (χ1v) is 5.41. The van der Waals surface area contributed by atoms with E-state index in [2.05, 4.69) is 0 Å². The fourth-order valence-corrected chi connectivity index (χ4v) is 2.33. The molecule has 1 aromatic carbocycles. The van der Waals surface area contributed by atoms with Crippen molar-refractivity contribution in [3.8, 4) is 0 Å². The van der Waals surface area contributed by atoms with E-state index in [0.29, 0.717) is 3.57 Å². The Morgan fingerprint density at radius 1 is 1.36 bits per heavy atom. The molecule has 1 rings (SSSR count). The SMILES string of the molecule is O=[As]c1c(F)cc(F)cc1I. The number of rotatable bonds is 1. The van der Waals surface area contributed by atoms with Crippen LogP contribution in [-0.2, 0) is 3.74 Å². The molecule has 0 saturated carbocycles. The van der Waals surface area contributed by atoms with Crippen LogP contribution in [0.2, 0.25) is 0 Å². The summed E-state index contributed by atoms with van der Waals surface area (Å²) in [5, 5.41) is 0. The first-order valence-electron chi connectivity index (χ1n) is 2.63. The number of hydrogen-bond donors (Lipinski definition) is 0. The van der Waals surface area contributed by atoms with Crippen LogP contribution in [0.1, 0.15) is 0 Å². The quantitative estimate of drug-likeness (QED) is 0.560. The van der Waals surface area contributed by atoms with Crippen molar-refractivity contribution >= 4 is 42.6 Å². The van der Waals surface area contributed by atoms with Gasteiger partial charge in [-0.15, -0.1) is 0 Å². The average Bonchev–Trinajstić information content (AvgIpc) is 1.85. The molecule has 0 N–H and O–H groups in total. The fourth-order valence-electron chi connectivity index (χ4n) is 0.622. The molecule has 0 bridgehead atoms. The van der Waals surface area contributed by atoms with Crippen LogP contribution in [0.15, 0.2) is 12.1 Å². The second-order valence-electron chi connectivity index (χ2n) is 1.81. The molecule has 0 spiro atoms. The molecule has 0 aliphatic rings. The third kappa shape index (κ3) is 2.06. The van der Waals surface area contributed by atoms with Crippen LogP contribution >= 0.6 is 22.6 Å². The van der Waals surface area contributed by atoms with Crippen LogP contribution < -0.4 is 4.35 Å². The molecule has 0 atom stereocenters. The van der Waals surface area contributed by atoms with E-state index >= 15 is 0 Å². The van der Waals surface area contributed by atoms with Gasteiger partial charge in [0.25, 0.3) is 0 Å². The topological polar surface area (TPSA) is 17.1 Å². The Labute approximate surface area is 82.2 Å². The maximum atomic E-state index is 12.7. The summed E-state index contributed by atoms with van der Waals surface area (Å²) in [4.78, 5) is 0. The number of hydrogen-bond acceptors (Lipinski definition) is 1. The predicted molar refractivity (Wildman–Crippen MR) is 45.1 cm³/mol. The molecular formula is C6H2AsF2IO.